The Morgan fingerprint density at radius 3 is 2.83 bits per heavy atom. The molecule has 2 rings (SSSR count). The van der Waals surface area contributed by atoms with E-state index in [1.165, 1.54) is 12.8 Å². The molecule has 3 heteroatoms. The third kappa shape index (κ3) is 1.46. The van der Waals surface area contributed by atoms with Crippen molar-refractivity contribution in [2.45, 2.75) is 19.3 Å². The summed E-state index contributed by atoms with van der Waals surface area (Å²) in [7, 11) is 0. The summed E-state index contributed by atoms with van der Waals surface area (Å²) < 4.78 is 0. The molecule has 0 aromatic heterocycles. The SMILES string of the molecule is O=C1NCC(CC2CC2)C1CO. The zero-order chi connectivity index (χ0) is 8.55. The van der Waals surface area contributed by atoms with Crippen molar-refractivity contribution in [3.05, 3.63) is 0 Å². The van der Waals surface area contributed by atoms with Crippen LogP contribution < -0.4 is 5.32 Å². The van der Waals surface area contributed by atoms with E-state index in [1.54, 1.807) is 0 Å². The van der Waals surface area contributed by atoms with Crippen LogP contribution in [0.3, 0.4) is 0 Å². The largest absolute Gasteiger partial charge is 0.396 e. The van der Waals surface area contributed by atoms with Gasteiger partial charge < -0.3 is 10.4 Å². The molecule has 1 saturated carbocycles. The minimum Gasteiger partial charge on any atom is -0.396 e. The smallest absolute Gasteiger partial charge is 0.225 e. The molecule has 0 radical (unpaired) electrons. The number of carbonyl (C=O) groups is 1. The number of amides is 1. The second-order valence-corrected chi connectivity index (χ2v) is 3.97. The van der Waals surface area contributed by atoms with Crippen molar-refractivity contribution in [2.24, 2.45) is 17.8 Å². The molecule has 3 nitrogen and oxygen atoms in total. The number of aliphatic hydroxyl groups excluding tert-OH is 1. The molecule has 1 aliphatic heterocycles. The number of carbonyl (C=O) groups excluding carboxylic acids is 1. The molecule has 0 spiro atoms. The maximum Gasteiger partial charge on any atom is 0.225 e. The Labute approximate surface area is 72.2 Å². The van der Waals surface area contributed by atoms with Crippen LogP contribution in [0.5, 0.6) is 0 Å². The minimum absolute atomic E-state index is 0.0171. The third-order valence-electron chi connectivity index (χ3n) is 2.97. The number of hydrogen-bond donors (Lipinski definition) is 2. The van der Waals surface area contributed by atoms with Gasteiger partial charge in [0.1, 0.15) is 0 Å². The van der Waals surface area contributed by atoms with E-state index in [9.17, 15) is 4.79 Å². The second-order valence-electron chi connectivity index (χ2n) is 3.97. The summed E-state index contributed by atoms with van der Waals surface area (Å²) in [6.45, 7) is 0.795. The highest BCUT2D eigenvalue weighted by Gasteiger charge is 2.37. The van der Waals surface area contributed by atoms with E-state index in [-0.39, 0.29) is 18.4 Å². The van der Waals surface area contributed by atoms with Gasteiger partial charge in [0.05, 0.1) is 12.5 Å². The molecule has 2 atom stereocenters. The lowest BCUT2D eigenvalue weighted by Crippen LogP contribution is -2.22. The topological polar surface area (TPSA) is 49.3 Å². The molecule has 2 N–H and O–H groups in total. The molecular weight excluding hydrogens is 154 g/mol. The molecule has 2 unspecified atom stereocenters. The highest BCUT2D eigenvalue weighted by Crippen LogP contribution is 2.38. The van der Waals surface area contributed by atoms with Gasteiger partial charge in [0.15, 0.2) is 0 Å². The van der Waals surface area contributed by atoms with Crippen molar-refractivity contribution in [3.63, 3.8) is 0 Å². The first kappa shape index (κ1) is 8.05. The van der Waals surface area contributed by atoms with Crippen molar-refractivity contribution in [1.29, 1.82) is 0 Å². The van der Waals surface area contributed by atoms with Gasteiger partial charge in [-0.05, 0) is 18.3 Å². The average Bonchev–Trinajstić information content (AvgIpc) is 2.78. The minimum atomic E-state index is -0.120. The molecular formula is C9H15NO2. The lowest BCUT2D eigenvalue weighted by molar-refractivity contribution is -0.124. The Morgan fingerprint density at radius 1 is 1.50 bits per heavy atom. The normalized spacial score (nSPS) is 35.2. The summed E-state index contributed by atoms with van der Waals surface area (Å²) in [6.07, 6.45) is 3.77. The summed E-state index contributed by atoms with van der Waals surface area (Å²) in [4.78, 5) is 11.1. The quantitative estimate of drug-likeness (QED) is 0.631. The van der Waals surface area contributed by atoms with Crippen LogP contribution in [0, 0.1) is 17.8 Å². The van der Waals surface area contributed by atoms with Crippen molar-refractivity contribution < 1.29 is 9.90 Å². The van der Waals surface area contributed by atoms with Crippen LogP contribution in [0.15, 0.2) is 0 Å². The van der Waals surface area contributed by atoms with Gasteiger partial charge in [-0.25, -0.2) is 0 Å². The number of aliphatic hydroxyl groups is 1. The van der Waals surface area contributed by atoms with Gasteiger partial charge >= 0.3 is 0 Å². The zero-order valence-electron chi connectivity index (χ0n) is 7.12. The molecule has 1 heterocycles. The molecule has 2 fully saturated rings. The first-order valence-corrected chi connectivity index (χ1v) is 4.70. The summed E-state index contributed by atoms with van der Waals surface area (Å²) in [6, 6.07) is 0. The Bertz CT molecular complexity index is 189. The maximum absolute atomic E-state index is 11.1. The third-order valence-corrected chi connectivity index (χ3v) is 2.97. The molecule has 1 amide bonds. The fraction of sp³-hybridized carbons (Fsp3) is 0.889. The lowest BCUT2D eigenvalue weighted by Gasteiger charge is -2.12. The number of nitrogens with one attached hydrogen (secondary N) is 1. The Kier molecular flexibility index (Phi) is 2.05. The lowest BCUT2D eigenvalue weighted by atomic mass is 9.91. The van der Waals surface area contributed by atoms with Crippen molar-refractivity contribution >= 4 is 5.91 Å². The maximum atomic E-state index is 11.1. The zero-order valence-corrected chi connectivity index (χ0v) is 7.12. The van der Waals surface area contributed by atoms with Crippen molar-refractivity contribution in [2.75, 3.05) is 13.2 Å². The van der Waals surface area contributed by atoms with E-state index < -0.39 is 0 Å². The molecule has 68 valence electrons. The predicted octanol–water partition coefficient (Wildman–Crippen LogP) is 0.141. The Hall–Kier alpha value is -0.570. The molecule has 0 aromatic rings. The highest BCUT2D eigenvalue weighted by atomic mass is 16.3. The van der Waals surface area contributed by atoms with Crippen LogP contribution in [-0.2, 0) is 4.79 Å². The summed E-state index contributed by atoms with van der Waals surface area (Å²) >= 11 is 0. The van der Waals surface area contributed by atoms with Crippen LogP contribution in [0.4, 0.5) is 0 Å². The Balaban J connectivity index is 1.90. The van der Waals surface area contributed by atoms with E-state index in [2.05, 4.69) is 5.32 Å². The predicted molar refractivity (Wildman–Crippen MR) is 44.4 cm³/mol. The first-order valence-electron chi connectivity index (χ1n) is 4.70. The van der Waals surface area contributed by atoms with Gasteiger partial charge in [0.25, 0.3) is 0 Å². The van der Waals surface area contributed by atoms with Gasteiger partial charge in [-0.2, -0.15) is 0 Å². The van der Waals surface area contributed by atoms with Gasteiger partial charge in [-0.3, -0.25) is 4.79 Å². The van der Waals surface area contributed by atoms with E-state index in [1.807, 2.05) is 0 Å². The van der Waals surface area contributed by atoms with Gasteiger partial charge in [0, 0.05) is 6.54 Å². The van der Waals surface area contributed by atoms with Gasteiger partial charge in [-0.1, -0.05) is 12.8 Å². The standard InChI is InChI=1S/C9H15NO2/c11-5-8-7(3-6-1-2-6)4-10-9(8)12/h6-8,11H,1-5H2,(H,10,12). The highest BCUT2D eigenvalue weighted by molar-refractivity contribution is 5.81. The molecule has 0 bridgehead atoms. The summed E-state index contributed by atoms with van der Waals surface area (Å²) in [5, 5.41) is 11.8. The van der Waals surface area contributed by atoms with Crippen LogP contribution in [0.1, 0.15) is 19.3 Å². The average molecular weight is 169 g/mol. The summed E-state index contributed by atoms with van der Waals surface area (Å²) in [5.74, 6) is 1.17. The first-order chi connectivity index (χ1) is 5.81. The van der Waals surface area contributed by atoms with E-state index in [0.717, 1.165) is 18.9 Å². The van der Waals surface area contributed by atoms with Gasteiger partial charge in [0.2, 0.25) is 5.91 Å². The molecule has 12 heavy (non-hydrogen) atoms. The second kappa shape index (κ2) is 3.05. The fourth-order valence-corrected chi connectivity index (χ4v) is 1.98. The van der Waals surface area contributed by atoms with Crippen molar-refractivity contribution in [3.8, 4) is 0 Å². The molecule has 1 aliphatic carbocycles. The van der Waals surface area contributed by atoms with Crippen molar-refractivity contribution in [1.82, 2.24) is 5.32 Å². The van der Waals surface area contributed by atoms with E-state index in [0.29, 0.717) is 5.92 Å². The van der Waals surface area contributed by atoms with Crippen LogP contribution >= 0.6 is 0 Å². The number of rotatable bonds is 3. The number of hydrogen-bond acceptors (Lipinski definition) is 2. The van der Waals surface area contributed by atoms with Crippen LogP contribution in [0.2, 0.25) is 0 Å². The van der Waals surface area contributed by atoms with Crippen LogP contribution in [0.25, 0.3) is 0 Å². The monoisotopic (exact) mass is 169 g/mol. The fourth-order valence-electron chi connectivity index (χ4n) is 1.98. The Morgan fingerprint density at radius 2 is 2.25 bits per heavy atom. The van der Waals surface area contributed by atoms with Gasteiger partial charge in [-0.15, -0.1) is 0 Å². The molecule has 2 aliphatic rings. The molecule has 1 saturated heterocycles. The molecule has 0 aromatic carbocycles. The van der Waals surface area contributed by atoms with E-state index in [4.69, 9.17) is 5.11 Å². The summed E-state index contributed by atoms with van der Waals surface area (Å²) in [5.41, 5.74) is 0. The van der Waals surface area contributed by atoms with E-state index >= 15 is 0 Å². The van der Waals surface area contributed by atoms with Crippen LogP contribution in [-0.4, -0.2) is 24.2 Å².